The second-order valence-electron chi connectivity index (χ2n) is 6.78. The van der Waals surface area contributed by atoms with Gasteiger partial charge in [-0.25, -0.2) is 12.8 Å². The van der Waals surface area contributed by atoms with Gasteiger partial charge in [0.2, 0.25) is 10.0 Å². The zero-order chi connectivity index (χ0) is 19.5. The Morgan fingerprint density at radius 2 is 1.88 bits per heavy atom. The average Bonchev–Trinajstić information content (AvgIpc) is 3.07. The smallest absolute Gasteiger partial charge is 0.321 e. The molecule has 1 fully saturated rings. The van der Waals surface area contributed by atoms with Crippen LogP contribution in [0.5, 0.6) is 0 Å². The molecule has 0 aliphatic carbocycles. The van der Waals surface area contributed by atoms with Gasteiger partial charge >= 0.3 is 5.97 Å². The maximum Gasteiger partial charge on any atom is 0.321 e. The number of carbonyl (C=O) groups is 2. The van der Waals surface area contributed by atoms with E-state index in [4.69, 9.17) is 0 Å². The summed E-state index contributed by atoms with van der Waals surface area (Å²) < 4.78 is 41.2. The van der Waals surface area contributed by atoms with Crippen molar-refractivity contribution in [2.75, 3.05) is 13.1 Å². The molecule has 9 heteroatoms. The van der Waals surface area contributed by atoms with Crippen LogP contribution in [0.3, 0.4) is 0 Å². The summed E-state index contributed by atoms with van der Waals surface area (Å²) in [5, 5.41) is 9.17. The number of carbonyl (C=O) groups excluding carboxylic acids is 1. The van der Waals surface area contributed by atoms with Crippen LogP contribution in [0.15, 0.2) is 23.1 Å². The Balaban J connectivity index is 2.23. The van der Waals surface area contributed by atoms with E-state index in [1.54, 1.807) is 13.8 Å². The summed E-state index contributed by atoms with van der Waals surface area (Å²) in [4.78, 5) is 24.6. The molecule has 1 aromatic rings. The zero-order valence-electron chi connectivity index (χ0n) is 14.7. The molecule has 1 aliphatic rings. The summed E-state index contributed by atoms with van der Waals surface area (Å²) in [6, 6.07) is 1.68. The first-order valence-corrected chi connectivity index (χ1v) is 9.94. The van der Waals surface area contributed by atoms with Crippen LogP contribution >= 0.6 is 0 Å². The average molecular weight is 386 g/mol. The third kappa shape index (κ3) is 4.79. The van der Waals surface area contributed by atoms with Crippen molar-refractivity contribution < 1.29 is 27.5 Å². The van der Waals surface area contributed by atoms with E-state index in [0.717, 1.165) is 31.0 Å². The second-order valence-corrected chi connectivity index (χ2v) is 8.50. The molecule has 1 heterocycles. The standard InChI is InChI=1S/C17H23FN2O5S/c1-11(2)9-15(17(22)23)19-26(24,25)12-5-6-13(14(18)10-12)16(21)20-7-3-4-8-20/h5-6,10-11,15,19H,3-4,7-9H2,1-2H3,(H,22,23)/t15-/m0/s1. The molecule has 1 atom stereocenters. The normalized spacial score (nSPS) is 16.1. The number of hydrogen-bond donors (Lipinski definition) is 2. The predicted molar refractivity (Wildman–Crippen MR) is 92.7 cm³/mol. The zero-order valence-corrected chi connectivity index (χ0v) is 15.6. The summed E-state index contributed by atoms with van der Waals surface area (Å²) in [5.74, 6) is -2.76. The number of carboxylic acids is 1. The Kier molecular flexibility index (Phi) is 6.35. The van der Waals surface area contributed by atoms with Crippen LogP contribution in [-0.2, 0) is 14.8 Å². The number of nitrogens with one attached hydrogen (secondary N) is 1. The highest BCUT2D eigenvalue weighted by molar-refractivity contribution is 7.89. The number of nitrogens with zero attached hydrogens (tertiary/aromatic N) is 1. The number of amides is 1. The Morgan fingerprint density at radius 1 is 1.27 bits per heavy atom. The van der Waals surface area contributed by atoms with E-state index in [-0.39, 0.29) is 17.9 Å². The molecular formula is C17H23FN2O5S. The lowest BCUT2D eigenvalue weighted by molar-refractivity contribution is -0.139. The van der Waals surface area contributed by atoms with Crippen molar-refractivity contribution in [3.63, 3.8) is 0 Å². The van der Waals surface area contributed by atoms with Crippen LogP contribution in [0.25, 0.3) is 0 Å². The minimum Gasteiger partial charge on any atom is -0.480 e. The fourth-order valence-corrected chi connectivity index (χ4v) is 4.07. The molecule has 144 valence electrons. The van der Waals surface area contributed by atoms with E-state index in [2.05, 4.69) is 4.72 Å². The number of hydrogen-bond acceptors (Lipinski definition) is 4. The van der Waals surface area contributed by atoms with Gasteiger partial charge in [-0.1, -0.05) is 13.8 Å². The highest BCUT2D eigenvalue weighted by atomic mass is 32.2. The van der Waals surface area contributed by atoms with Gasteiger partial charge in [0.15, 0.2) is 0 Å². The van der Waals surface area contributed by atoms with Crippen LogP contribution in [0.1, 0.15) is 43.5 Å². The van der Waals surface area contributed by atoms with Gasteiger partial charge in [0.25, 0.3) is 5.91 Å². The minimum absolute atomic E-state index is 0.0454. The van der Waals surface area contributed by atoms with Gasteiger partial charge in [0.05, 0.1) is 10.5 Å². The summed E-state index contributed by atoms with van der Waals surface area (Å²) >= 11 is 0. The lowest BCUT2D eigenvalue weighted by Crippen LogP contribution is -2.41. The first-order chi connectivity index (χ1) is 12.1. The van der Waals surface area contributed by atoms with Gasteiger partial charge in [-0.15, -0.1) is 0 Å². The van der Waals surface area contributed by atoms with Crippen LogP contribution in [0.4, 0.5) is 4.39 Å². The molecule has 26 heavy (non-hydrogen) atoms. The Labute approximate surface area is 152 Å². The number of benzene rings is 1. The Bertz CT molecular complexity index is 788. The van der Waals surface area contributed by atoms with Crippen LogP contribution in [0, 0.1) is 11.7 Å². The monoisotopic (exact) mass is 386 g/mol. The molecule has 0 aromatic heterocycles. The lowest BCUT2D eigenvalue weighted by atomic mass is 10.1. The topological polar surface area (TPSA) is 104 Å². The van der Waals surface area contributed by atoms with Crippen molar-refractivity contribution in [2.45, 2.75) is 44.0 Å². The number of aliphatic carboxylic acids is 1. The van der Waals surface area contributed by atoms with Gasteiger partial charge in [0.1, 0.15) is 11.9 Å². The number of rotatable bonds is 7. The molecular weight excluding hydrogens is 363 g/mol. The lowest BCUT2D eigenvalue weighted by Gasteiger charge is -2.18. The maximum absolute atomic E-state index is 14.3. The van der Waals surface area contributed by atoms with E-state index in [1.807, 2.05) is 0 Å². The fourth-order valence-electron chi connectivity index (χ4n) is 2.85. The van der Waals surface area contributed by atoms with E-state index in [1.165, 1.54) is 4.90 Å². The van der Waals surface area contributed by atoms with Gasteiger partial charge < -0.3 is 10.0 Å². The van der Waals surface area contributed by atoms with Gasteiger partial charge in [-0.2, -0.15) is 4.72 Å². The molecule has 7 nitrogen and oxygen atoms in total. The van der Waals surface area contributed by atoms with E-state index >= 15 is 0 Å². The van der Waals surface area contributed by atoms with Gasteiger partial charge in [-0.3, -0.25) is 9.59 Å². The molecule has 2 rings (SSSR count). The molecule has 0 bridgehead atoms. The molecule has 1 amide bonds. The summed E-state index contributed by atoms with van der Waals surface area (Å²) in [6.07, 6.45) is 1.81. The third-order valence-corrected chi connectivity index (χ3v) is 5.65. The number of sulfonamides is 1. The molecule has 0 saturated carbocycles. The summed E-state index contributed by atoms with van der Waals surface area (Å²) in [5.41, 5.74) is -0.192. The SMILES string of the molecule is CC(C)C[C@H](NS(=O)(=O)c1ccc(C(=O)N2CCCC2)c(F)c1)C(=O)O. The molecule has 0 unspecified atom stereocenters. The van der Waals surface area contributed by atoms with Crippen LogP contribution in [0.2, 0.25) is 0 Å². The first kappa shape index (κ1) is 20.3. The minimum atomic E-state index is -4.23. The van der Waals surface area contributed by atoms with Crippen molar-refractivity contribution >= 4 is 21.9 Å². The highest BCUT2D eigenvalue weighted by Crippen LogP contribution is 2.20. The van der Waals surface area contributed by atoms with E-state index < -0.39 is 38.7 Å². The van der Waals surface area contributed by atoms with Crippen LogP contribution < -0.4 is 4.72 Å². The van der Waals surface area contributed by atoms with Crippen molar-refractivity contribution in [2.24, 2.45) is 5.92 Å². The van der Waals surface area contributed by atoms with Crippen molar-refractivity contribution in [3.05, 3.63) is 29.6 Å². The molecule has 1 saturated heterocycles. The maximum atomic E-state index is 14.3. The summed E-state index contributed by atoms with van der Waals surface area (Å²) in [7, 11) is -4.23. The fraction of sp³-hybridized carbons (Fsp3) is 0.529. The van der Waals surface area contributed by atoms with E-state index in [9.17, 15) is 27.5 Å². The molecule has 2 N–H and O–H groups in total. The summed E-state index contributed by atoms with van der Waals surface area (Å²) in [6.45, 7) is 4.64. The number of carboxylic acid groups (broad SMARTS) is 1. The van der Waals surface area contributed by atoms with E-state index in [0.29, 0.717) is 13.1 Å². The number of halogens is 1. The van der Waals surface area contributed by atoms with Crippen molar-refractivity contribution in [1.29, 1.82) is 0 Å². The molecule has 0 radical (unpaired) electrons. The van der Waals surface area contributed by atoms with Crippen LogP contribution in [-0.4, -0.2) is 49.4 Å². The van der Waals surface area contributed by atoms with Crippen molar-refractivity contribution in [3.8, 4) is 0 Å². The van der Waals surface area contributed by atoms with Gasteiger partial charge in [0, 0.05) is 13.1 Å². The largest absolute Gasteiger partial charge is 0.480 e. The molecule has 0 spiro atoms. The quantitative estimate of drug-likeness (QED) is 0.744. The Morgan fingerprint density at radius 3 is 2.38 bits per heavy atom. The highest BCUT2D eigenvalue weighted by Gasteiger charge is 2.28. The molecule has 1 aromatic carbocycles. The number of likely N-dealkylation sites (tertiary alicyclic amines) is 1. The Hall–Kier alpha value is -2.00. The van der Waals surface area contributed by atoms with Crippen molar-refractivity contribution in [1.82, 2.24) is 9.62 Å². The molecule has 1 aliphatic heterocycles. The second kappa shape index (κ2) is 8.13. The first-order valence-electron chi connectivity index (χ1n) is 8.46. The predicted octanol–water partition coefficient (Wildman–Crippen LogP) is 1.84. The van der Waals surface area contributed by atoms with Gasteiger partial charge in [-0.05, 0) is 43.4 Å². The third-order valence-electron chi connectivity index (χ3n) is 4.18.